The topological polar surface area (TPSA) is 81.9 Å². The monoisotopic (exact) mass is 575 g/mol. The van der Waals surface area contributed by atoms with Crippen LogP contribution in [-0.2, 0) is 27.6 Å². The molecule has 1 aliphatic rings. The van der Waals surface area contributed by atoms with Crippen molar-refractivity contribution in [3.63, 3.8) is 0 Å². The number of thiophene rings is 1. The Morgan fingerprint density at radius 1 is 1.20 bits per heavy atom. The maximum atomic E-state index is 15.3. The SMILES string of the molecule is Cc1cc(Cl)ccc1Cc1nnn2c1/C(=C(\F)CCC(=O)CS(=O)(=O)c1cc(Cl)c(Cl)s1)CCC2. The Balaban J connectivity index is 1.50. The highest BCUT2D eigenvalue weighted by molar-refractivity contribution is 7.94. The predicted molar refractivity (Wildman–Crippen MR) is 137 cm³/mol. The molecule has 3 heterocycles. The van der Waals surface area contributed by atoms with E-state index in [1.807, 2.05) is 19.1 Å². The van der Waals surface area contributed by atoms with Gasteiger partial charge >= 0.3 is 0 Å². The third-order valence-electron chi connectivity index (χ3n) is 5.78. The van der Waals surface area contributed by atoms with Gasteiger partial charge in [0.25, 0.3) is 0 Å². The van der Waals surface area contributed by atoms with E-state index in [0.29, 0.717) is 47.8 Å². The number of Topliss-reactive ketones (excluding diaryl/α,β-unsaturated/α-hetero) is 1. The maximum Gasteiger partial charge on any atom is 0.194 e. The van der Waals surface area contributed by atoms with Crippen molar-refractivity contribution in [2.24, 2.45) is 0 Å². The molecule has 4 rings (SSSR count). The van der Waals surface area contributed by atoms with Gasteiger partial charge in [-0.25, -0.2) is 17.5 Å². The van der Waals surface area contributed by atoms with Crippen molar-refractivity contribution in [2.45, 2.75) is 49.8 Å². The zero-order chi connectivity index (χ0) is 25.3. The molecule has 1 aromatic carbocycles. The fourth-order valence-corrected chi connectivity index (χ4v) is 7.49. The minimum absolute atomic E-state index is 0.0796. The van der Waals surface area contributed by atoms with Gasteiger partial charge in [0, 0.05) is 36.4 Å². The first kappa shape index (κ1) is 26.3. The summed E-state index contributed by atoms with van der Waals surface area (Å²) in [4.78, 5) is 12.4. The third-order valence-corrected chi connectivity index (χ3v) is 10.1. The molecule has 186 valence electrons. The highest BCUT2D eigenvalue weighted by Gasteiger charge is 2.26. The molecular weight excluding hydrogens is 556 g/mol. The van der Waals surface area contributed by atoms with E-state index in [4.69, 9.17) is 34.8 Å². The number of aryl methyl sites for hydroxylation is 2. The lowest BCUT2D eigenvalue weighted by atomic mass is 9.95. The number of rotatable bonds is 8. The lowest BCUT2D eigenvalue weighted by Gasteiger charge is -2.18. The number of benzene rings is 1. The second-order valence-corrected chi connectivity index (χ2v) is 13.0. The van der Waals surface area contributed by atoms with Crippen molar-refractivity contribution >= 4 is 67.3 Å². The van der Waals surface area contributed by atoms with Crippen molar-refractivity contribution in [3.8, 4) is 0 Å². The Bertz CT molecular complexity index is 1410. The molecule has 0 saturated heterocycles. The Hall–Kier alpha value is -1.78. The Kier molecular flexibility index (Phi) is 8.02. The Labute approximate surface area is 221 Å². The van der Waals surface area contributed by atoms with E-state index in [-0.39, 0.29) is 26.4 Å². The van der Waals surface area contributed by atoms with E-state index >= 15 is 4.39 Å². The smallest absolute Gasteiger partial charge is 0.194 e. The number of hydrogen-bond donors (Lipinski definition) is 0. The number of ketones is 1. The summed E-state index contributed by atoms with van der Waals surface area (Å²) in [5.74, 6) is -1.76. The minimum Gasteiger partial charge on any atom is -0.299 e. The van der Waals surface area contributed by atoms with Crippen LogP contribution in [0.25, 0.3) is 5.57 Å². The van der Waals surface area contributed by atoms with Gasteiger partial charge < -0.3 is 0 Å². The average Bonchev–Trinajstić information content (AvgIpc) is 3.37. The Morgan fingerprint density at radius 3 is 2.66 bits per heavy atom. The fourth-order valence-electron chi connectivity index (χ4n) is 4.02. The zero-order valence-electron chi connectivity index (χ0n) is 18.7. The highest BCUT2D eigenvalue weighted by Crippen LogP contribution is 2.36. The maximum absolute atomic E-state index is 15.3. The molecule has 0 radical (unpaired) electrons. The second kappa shape index (κ2) is 10.7. The average molecular weight is 577 g/mol. The molecular formula is C23H21Cl3FN3O3S2. The summed E-state index contributed by atoms with van der Waals surface area (Å²) in [6.45, 7) is 2.58. The molecule has 0 aliphatic carbocycles. The van der Waals surface area contributed by atoms with Crippen LogP contribution in [0.3, 0.4) is 0 Å². The van der Waals surface area contributed by atoms with Crippen LogP contribution in [0.2, 0.25) is 14.4 Å². The molecule has 0 unspecified atom stereocenters. The molecule has 6 nitrogen and oxygen atoms in total. The number of carbonyl (C=O) groups excluding carboxylic acids is 1. The predicted octanol–water partition coefficient (Wildman–Crippen LogP) is 6.50. The van der Waals surface area contributed by atoms with E-state index in [9.17, 15) is 13.2 Å². The second-order valence-electron chi connectivity index (χ2n) is 8.33. The molecule has 0 spiro atoms. The van der Waals surface area contributed by atoms with Crippen molar-refractivity contribution in [2.75, 3.05) is 5.75 Å². The number of carbonyl (C=O) groups is 1. The van der Waals surface area contributed by atoms with Crippen LogP contribution in [0.1, 0.15) is 48.2 Å². The van der Waals surface area contributed by atoms with E-state index in [1.54, 1.807) is 10.7 Å². The van der Waals surface area contributed by atoms with Crippen LogP contribution in [0.5, 0.6) is 0 Å². The molecule has 0 bridgehead atoms. The number of sulfone groups is 1. The number of fused-ring (bicyclic) bond motifs is 1. The van der Waals surface area contributed by atoms with Crippen molar-refractivity contribution in [3.05, 3.63) is 67.0 Å². The normalized spacial score (nSPS) is 15.2. The van der Waals surface area contributed by atoms with Gasteiger partial charge in [-0.05, 0) is 49.1 Å². The molecule has 1 aliphatic heterocycles. The molecule has 0 fully saturated rings. The van der Waals surface area contributed by atoms with Crippen molar-refractivity contribution < 1.29 is 17.6 Å². The molecule has 35 heavy (non-hydrogen) atoms. The van der Waals surface area contributed by atoms with E-state index in [2.05, 4.69) is 10.3 Å². The summed E-state index contributed by atoms with van der Waals surface area (Å²) in [6.07, 6.45) is 1.22. The Morgan fingerprint density at radius 2 is 1.97 bits per heavy atom. The lowest BCUT2D eigenvalue weighted by molar-refractivity contribution is -0.116. The molecule has 12 heteroatoms. The van der Waals surface area contributed by atoms with Gasteiger partial charge in [-0.15, -0.1) is 16.4 Å². The fraction of sp³-hybridized carbons (Fsp3) is 0.348. The van der Waals surface area contributed by atoms with Crippen LogP contribution < -0.4 is 0 Å². The van der Waals surface area contributed by atoms with Crippen LogP contribution in [0, 0.1) is 6.92 Å². The molecule has 2 aromatic heterocycles. The van der Waals surface area contributed by atoms with Gasteiger partial charge in [-0.2, -0.15) is 0 Å². The van der Waals surface area contributed by atoms with E-state index in [0.717, 1.165) is 22.5 Å². The van der Waals surface area contributed by atoms with Gasteiger partial charge in [0.1, 0.15) is 25.9 Å². The first-order chi connectivity index (χ1) is 16.5. The van der Waals surface area contributed by atoms with Crippen LogP contribution in [-0.4, -0.2) is 34.9 Å². The standard InChI is InChI=1S/C23H21Cl3FN3O3S2/c1-13-9-15(24)5-4-14(13)10-20-22-17(3-2-8-30(22)29-28-20)19(27)7-6-16(31)12-35(32,33)21-11-18(25)23(26)34-21/h4-5,9,11H,2-3,6-8,10,12H2,1H3/b19-17-. The molecule has 3 aromatic rings. The summed E-state index contributed by atoms with van der Waals surface area (Å²) in [6, 6.07) is 6.80. The molecule has 0 atom stereocenters. The summed E-state index contributed by atoms with van der Waals surface area (Å²) in [7, 11) is -3.89. The van der Waals surface area contributed by atoms with Crippen molar-refractivity contribution in [1.82, 2.24) is 15.0 Å². The van der Waals surface area contributed by atoms with Gasteiger partial charge in [0.05, 0.1) is 16.4 Å². The van der Waals surface area contributed by atoms with E-state index in [1.165, 1.54) is 6.07 Å². The summed E-state index contributed by atoms with van der Waals surface area (Å²) < 4.78 is 42.1. The van der Waals surface area contributed by atoms with E-state index < -0.39 is 27.2 Å². The quantitative estimate of drug-likeness (QED) is 0.306. The molecule has 0 N–H and O–H groups in total. The number of nitrogens with zero attached hydrogens (tertiary/aromatic N) is 3. The first-order valence-corrected chi connectivity index (χ1v) is 14.4. The summed E-state index contributed by atoms with van der Waals surface area (Å²) in [5, 5.41) is 9.24. The van der Waals surface area contributed by atoms with Gasteiger partial charge in [0.2, 0.25) is 0 Å². The zero-order valence-corrected chi connectivity index (χ0v) is 22.6. The highest BCUT2D eigenvalue weighted by atomic mass is 35.5. The third kappa shape index (κ3) is 5.97. The van der Waals surface area contributed by atoms with Gasteiger partial charge in [-0.3, -0.25) is 4.79 Å². The number of hydrogen-bond acceptors (Lipinski definition) is 6. The summed E-state index contributed by atoms with van der Waals surface area (Å²) in [5.41, 5.74) is 3.76. The van der Waals surface area contributed by atoms with Crippen LogP contribution in [0.4, 0.5) is 4.39 Å². The molecule has 0 saturated carbocycles. The van der Waals surface area contributed by atoms with Gasteiger partial charge in [-0.1, -0.05) is 46.1 Å². The summed E-state index contributed by atoms with van der Waals surface area (Å²) >= 11 is 18.5. The molecule has 0 amide bonds. The van der Waals surface area contributed by atoms with Gasteiger partial charge in [0.15, 0.2) is 9.84 Å². The number of allylic oxidation sites excluding steroid dienone is 2. The lowest BCUT2D eigenvalue weighted by Crippen LogP contribution is -2.16. The largest absolute Gasteiger partial charge is 0.299 e. The number of aromatic nitrogens is 3. The number of halogens is 4. The van der Waals surface area contributed by atoms with Crippen LogP contribution in [0.15, 0.2) is 34.3 Å². The first-order valence-electron chi connectivity index (χ1n) is 10.8. The van der Waals surface area contributed by atoms with Crippen LogP contribution >= 0.6 is 46.1 Å². The van der Waals surface area contributed by atoms with Crippen molar-refractivity contribution in [1.29, 1.82) is 0 Å². The minimum atomic E-state index is -3.89.